The topological polar surface area (TPSA) is 66.8 Å². The van der Waals surface area contributed by atoms with Crippen molar-refractivity contribution in [1.82, 2.24) is 0 Å². The van der Waals surface area contributed by atoms with Gasteiger partial charge in [0.05, 0.1) is 18.8 Å². The van der Waals surface area contributed by atoms with E-state index in [1.807, 2.05) is 12.2 Å². The first kappa shape index (κ1) is 19.4. The van der Waals surface area contributed by atoms with E-state index >= 15 is 0 Å². The summed E-state index contributed by atoms with van der Waals surface area (Å²) in [4.78, 5) is 12.9. The van der Waals surface area contributed by atoms with Crippen molar-refractivity contribution in [1.29, 1.82) is 0 Å². The van der Waals surface area contributed by atoms with Crippen LogP contribution in [0.5, 0.6) is 0 Å². The molecule has 0 radical (unpaired) electrons. The van der Waals surface area contributed by atoms with Crippen LogP contribution in [0.3, 0.4) is 0 Å². The van der Waals surface area contributed by atoms with E-state index in [4.69, 9.17) is 4.74 Å². The molecule has 1 aromatic carbocycles. The summed E-state index contributed by atoms with van der Waals surface area (Å²) in [7, 11) is 0. The van der Waals surface area contributed by atoms with Crippen molar-refractivity contribution in [2.75, 3.05) is 6.61 Å². The summed E-state index contributed by atoms with van der Waals surface area (Å²) in [5, 5.41) is 21.0. The van der Waals surface area contributed by atoms with Crippen LogP contribution in [0.2, 0.25) is 0 Å². The highest BCUT2D eigenvalue weighted by Gasteiger charge is 2.42. The van der Waals surface area contributed by atoms with E-state index in [-0.39, 0.29) is 11.7 Å². The Labute approximate surface area is 166 Å². The van der Waals surface area contributed by atoms with E-state index in [9.17, 15) is 15.0 Å². The predicted octanol–water partition coefficient (Wildman–Crippen LogP) is 3.67. The summed E-state index contributed by atoms with van der Waals surface area (Å²) in [6.45, 7) is 2.13. The van der Waals surface area contributed by atoms with Crippen molar-refractivity contribution in [3.63, 3.8) is 0 Å². The average Bonchev–Trinajstić information content (AvgIpc) is 3.49. The molecule has 2 aliphatic carbocycles. The Morgan fingerprint density at radius 1 is 1.25 bits per heavy atom. The summed E-state index contributed by atoms with van der Waals surface area (Å²) in [5.74, 6) is 0.537. The minimum absolute atomic E-state index is 0.0371. The van der Waals surface area contributed by atoms with Crippen LogP contribution < -0.4 is 0 Å². The van der Waals surface area contributed by atoms with Crippen LogP contribution in [0.4, 0.5) is 0 Å². The molecule has 4 heteroatoms. The molecule has 4 rings (SSSR count). The third-order valence-electron chi connectivity index (χ3n) is 6.17. The maximum atomic E-state index is 12.9. The molecule has 28 heavy (non-hydrogen) atoms. The highest BCUT2D eigenvalue weighted by Crippen LogP contribution is 2.43. The second-order valence-electron chi connectivity index (χ2n) is 8.57. The van der Waals surface area contributed by atoms with Gasteiger partial charge >= 0.3 is 0 Å². The molecule has 0 aromatic heterocycles. The van der Waals surface area contributed by atoms with Crippen molar-refractivity contribution in [2.45, 2.75) is 63.6 Å². The van der Waals surface area contributed by atoms with Crippen LogP contribution in [0.25, 0.3) is 0 Å². The first-order chi connectivity index (χ1) is 13.5. The molecule has 0 amide bonds. The van der Waals surface area contributed by atoms with Crippen LogP contribution in [0, 0.1) is 11.8 Å². The van der Waals surface area contributed by atoms with Crippen molar-refractivity contribution in [3.8, 4) is 0 Å². The van der Waals surface area contributed by atoms with Gasteiger partial charge in [-0.1, -0.05) is 36.4 Å². The maximum absolute atomic E-state index is 12.9. The number of carbonyl (C=O) groups excluding carboxylic acids is 1. The Morgan fingerprint density at radius 2 is 2.04 bits per heavy atom. The second kappa shape index (κ2) is 8.22. The van der Waals surface area contributed by atoms with Gasteiger partial charge in [-0.05, 0) is 55.2 Å². The molecule has 150 valence electrons. The lowest BCUT2D eigenvalue weighted by atomic mass is 9.77. The number of ketones is 1. The second-order valence-corrected chi connectivity index (χ2v) is 8.57. The molecule has 4 nitrogen and oxygen atoms in total. The Hall–Kier alpha value is -1.91. The Bertz CT molecular complexity index is 788. The molecule has 1 saturated carbocycles. The van der Waals surface area contributed by atoms with Crippen LogP contribution >= 0.6 is 0 Å². The number of hydrogen-bond donors (Lipinski definition) is 2. The number of Topliss-reactive ketones (excluding diaryl/α,β-unsaturated/α-hetero) is 1. The third-order valence-corrected chi connectivity index (χ3v) is 6.17. The zero-order chi connectivity index (χ0) is 19.7. The molecule has 2 fully saturated rings. The number of benzene rings is 1. The molecular formula is C24H30O4. The number of hydrogen-bond acceptors (Lipinski definition) is 4. The van der Waals surface area contributed by atoms with E-state index in [0.717, 1.165) is 12.0 Å². The predicted molar refractivity (Wildman–Crippen MR) is 108 cm³/mol. The molecule has 1 aromatic rings. The number of aliphatic hydroxyl groups excluding tert-OH is 2. The first-order valence-electron chi connectivity index (χ1n) is 10.5. The zero-order valence-corrected chi connectivity index (χ0v) is 16.5. The number of ether oxygens (including phenoxy) is 1. The Kier molecular flexibility index (Phi) is 5.70. The minimum atomic E-state index is -0.751. The van der Waals surface area contributed by atoms with Gasteiger partial charge in [-0.2, -0.15) is 0 Å². The number of fused-ring (bicyclic) bond motifs is 1. The van der Waals surface area contributed by atoms with Gasteiger partial charge in [-0.25, -0.2) is 0 Å². The number of carbonyl (C=O) groups is 1. The SMILES string of the molecule is CC(O)CC1=C2OCC(Cc3ccccc3C3CC3)C(O)C2C(=O)CCC=C1. The van der Waals surface area contributed by atoms with E-state index in [1.54, 1.807) is 6.92 Å². The lowest BCUT2D eigenvalue weighted by molar-refractivity contribution is -0.132. The van der Waals surface area contributed by atoms with Gasteiger partial charge < -0.3 is 14.9 Å². The first-order valence-corrected chi connectivity index (χ1v) is 10.5. The molecule has 1 saturated heterocycles. The molecule has 0 bridgehead atoms. The lowest BCUT2D eigenvalue weighted by Gasteiger charge is -2.38. The molecule has 2 N–H and O–H groups in total. The van der Waals surface area contributed by atoms with Crippen molar-refractivity contribution >= 4 is 5.78 Å². The van der Waals surface area contributed by atoms with Gasteiger partial charge in [0.1, 0.15) is 17.5 Å². The standard InChI is InChI=1S/C24H30O4/c1-15(25)12-18-7-3-5-9-21(26)22-23(27)19(14-28-24(18)22)13-17-6-2-4-8-20(17)16-10-11-16/h2-4,6-8,15-16,19,22-23,25,27H,5,9-14H2,1H3. The molecule has 1 aliphatic heterocycles. The van der Waals surface area contributed by atoms with E-state index in [0.29, 0.717) is 37.5 Å². The average molecular weight is 383 g/mol. The molecule has 3 aliphatic rings. The van der Waals surface area contributed by atoms with Crippen LogP contribution in [-0.4, -0.2) is 34.8 Å². The van der Waals surface area contributed by atoms with Gasteiger partial charge in [-0.3, -0.25) is 4.79 Å². The van der Waals surface area contributed by atoms with Crippen molar-refractivity contribution in [2.24, 2.45) is 11.8 Å². The van der Waals surface area contributed by atoms with Crippen LogP contribution in [0.15, 0.2) is 47.7 Å². The highest BCUT2D eigenvalue weighted by molar-refractivity contribution is 5.85. The Morgan fingerprint density at radius 3 is 2.79 bits per heavy atom. The van der Waals surface area contributed by atoms with E-state index < -0.39 is 18.1 Å². The summed E-state index contributed by atoms with van der Waals surface area (Å²) < 4.78 is 6.11. The van der Waals surface area contributed by atoms with E-state index in [1.165, 1.54) is 24.0 Å². The van der Waals surface area contributed by atoms with Gasteiger partial charge in [0.15, 0.2) is 0 Å². The largest absolute Gasteiger partial charge is 0.496 e. The van der Waals surface area contributed by atoms with E-state index in [2.05, 4.69) is 24.3 Å². The number of rotatable bonds is 5. The van der Waals surface area contributed by atoms with Crippen molar-refractivity contribution in [3.05, 3.63) is 58.9 Å². The minimum Gasteiger partial charge on any atom is -0.496 e. The van der Waals surface area contributed by atoms with Gasteiger partial charge in [0, 0.05) is 18.8 Å². The van der Waals surface area contributed by atoms with Gasteiger partial charge in [-0.15, -0.1) is 0 Å². The van der Waals surface area contributed by atoms with Crippen molar-refractivity contribution < 1.29 is 19.7 Å². The number of allylic oxidation sites excluding steroid dienone is 2. The zero-order valence-electron chi connectivity index (χ0n) is 16.5. The van der Waals surface area contributed by atoms with Gasteiger partial charge in [0.25, 0.3) is 0 Å². The fraction of sp³-hybridized carbons (Fsp3) is 0.542. The summed E-state index contributed by atoms with van der Waals surface area (Å²) in [5.41, 5.74) is 3.49. The highest BCUT2D eigenvalue weighted by atomic mass is 16.5. The van der Waals surface area contributed by atoms with Crippen LogP contribution in [-0.2, 0) is 16.0 Å². The molecular weight excluding hydrogens is 352 g/mol. The Balaban J connectivity index is 1.60. The molecule has 1 heterocycles. The molecule has 4 unspecified atom stereocenters. The number of aliphatic hydroxyl groups is 2. The summed E-state index contributed by atoms with van der Waals surface area (Å²) in [6, 6.07) is 8.47. The third kappa shape index (κ3) is 4.08. The fourth-order valence-corrected chi connectivity index (χ4v) is 4.59. The normalized spacial score (nSPS) is 29.0. The fourth-order valence-electron chi connectivity index (χ4n) is 4.59. The molecule has 0 spiro atoms. The van der Waals surface area contributed by atoms with Gasteiger partial charge in [0.2, 0.25) is 0 Å². The monoisotopic (exact) mass is 382 g/mol. The summed E-state index contributed by atoms with van der Waals surface area (Å²) in [6.07, 6.45) is 7.36. The smallest absolute Gasteiger partial charge is 0.146 e. The maximum Gasteiger partial charge on any atom is 0.146 e. The van der Waals surface area contributed by atoms with Crippen LogP contribution in [0.1, 0.15) is 56.1 Å². The summed E-state index contributed by atoms with van der Waals surface area (Å²) >= 11 is 0. The quantitative estimate of drug-likeness (QED) is 0.815. The lowest BCUT2D eigenvalue weighted by Crippen LogP contribution is -2.44. The molecule has 4 atom stereocenters.